The van der Waals surface area contributed by atoms with E-state index in [1.165, 1.54) is 0 Å². The number of unbranched alkanes of at least 4 members (excludes halogenated alkanes) is 1. The first-order chi connectivity index (χ1) is 13.6. The van der Waals surface area contributed by atoms with Gasteiger partial charge in [0.1, 0.15) is 11.5 Å². The van der Waals surface area contributed by atoms with Crippen LogP contribution in [-0.4, -0.2) is 37.3 Å². The van der Waals surface area contributed by atoms with Crippen molar-refractivity contribution in [3.8, 4) is 11.5 Å². The van der Waals surface area contributed by atoms with Crippen molar-refractivity contribution in [2.75, 3.05) is 38.4 Å². The minimum absolute atomic E-state index is 0.233. The Bertz CT molecular complexity index is 780. The second kappa shape index (κ2) is 11.0. The number of anilines is 2. The van der Waals surface area contributed by atoms with E-state index in [4.69, 9.17) is 19.9 Å². The molecule has 0 aliphatic rings. The topological polar surface area (TPSA) is 91.5 Å². The molecule has 2 aromatic rings. The van der Waals surface area contributed by atoms with Crippen LogP contribution in [0.1, 0.15) is 37.3 Å². The summed E-state index contributed by atoms with van der Waals surface area (Å²) < 4.78 is 16.5. The molecule has 28 heavy (non-hydrogen) atoms. The molecular weight excluding hydrogens is 356 g/mol. The van der Waals surface area contributed by atoms with Gasteiger partial charge < -0.3 is 25.3 Å². The van der Waals surface area contributed by atoms with Crippen LogP contribution in [-0.2, 0) is 11.2 Å². The Morgan fingerprint density at radius 1 is 1.21 bits per heavy atom. The highest BCUT2D eigenvalue weighted by Gasteiger charge is 2.09. The Balaban J connectivity index is 1.91. The first-order valence-corrected chi connectivity index (χ1v) is 9.48. The van der Waals surface area contributed by atoms with E-state index in [9.17, 15) is 0 Å². The molecule has 0 spiro atoms. The number of nitrogens with zero attached hydrogens (tertiary/aromatic N) is 2. The van der Waals surface area contributed by atoms with Gasteiger partial charge in [-0.15, -0.1) is 0 Å². The molecule has 2 rings (SSSR count). The number of rotatable bonds is 12. The molecule has 0 saturated heterocycles. The van der Waals surface area contributed by atoms with E-state index in [-0.39, 0.29) is 5.95 Å². The first kappa shape index (κ1) is 21.3. The Kier molecular flexibility index (Phi) is 8.39. The van der Waals surface area contributed by atoms with Crippen LogP contribution in [0.3, 0.4) is 0 Å². The average Bonchev–Trinajstić information content (AvgIpc) is 2.71. The lowest BCUT2D eigenvalue weighted by Crippen LogP contribution is -2.09. The molecule has 7 nitrogen and oxygen atoms in total. The maximum atomic E-state index is 5.87. The average molecular weight is 386 g/mol. The van der Waals surface area contributed by atoms with Gasteiger partial charge in [0, 0.05) is 6.54 Å². The summed E-state index contributed by atoms with van der Waals surface area (Å²) in [5.41, 5.74) is 7.70. The Hall–Kier alpha value is -2.96. The van der Waals surface area contributed by atoms with Crippen LogP contribution in [0.2, 0.25) is 0 Å². The minimum Gasteiger partial charge on any atom is -0.497 e. The molecule has 0 atom stereocenters. The Morgan fingerprint density at radius 3 is 2.75 bits per heavy atom. The van der Waals surface area contributed by atoms with Crippen LogP contribution in [0.5, 0.6) is 11.5 Å². The van der Waals surface area contributed by atoms with Gasteiger partial charge in [-0.05, 0) is 37.0 Å². The van der Waals surface area contributed by atoms with Gasteiger partial charge in [0.25, 0.3) is 0 Å². The van der Waals surface area contributed by atoms with Crippen molar-refractivity contribution in [3.05, 3.63) is 42.1 Å². The number of methoxy groups -OCH3 is 2. The lowest BCUT2D eigenvalue weighted by molar-refractivity contribution is 0.310. The molecule has 1 aromatic heterocycles. The van der Waals surface area contributed by atoms with Gasteiger partial charge in [0.15, 0.2) is 11.6 Å². The van der Waals surface area contributed by atoms with Gasteiger partial charge >= 0.3 is 0 Å². The van der Waals surface area contributed by atoms with Crippen LogP contribution in [0.25, 0.3) is 5.76 Å². The van der Waals surface area contributed by atoms with Gasteiger partial charge in [0.2, 0.25) is 5.95 Å². The molecule has 1 heterocycles. The molecule has 3 N–H and O–H groups in total. The largest absolute Gasteiger partial charge is 0.497 e. The predicted molar refractivity (Wildman–Crippen MR) is 113 cm³/mol. The number of nitrogen functional groups attached to an aromatic ring is 1. The zero-order valence-corrected chi connectivity index (χ0v) is 17.0. The van der Waals surface area contributed by atoms with Crippen molar-refractivity contribution < 1.29 is 14.2 Å². The summed E-state index contributed by atoms with van der Waals surface area (Å²) in [5, 5.41) is 3.26. The van der Waals surface area contributed by atoms with Gasteiger partial charge in [-0.2, -0.15) is 4.98 Å². The van der Waals surface area contributed by atoms with E-state index in [0.717, 1.165) is 49.1 Å². The lowest BCUT2D eigenvalue weighted by Gasteiger charge is -2.13. The molecule has 0 aliphatic carbocycles. The summed E-state index contributed by atoms with van der Waals surface area (Å²) in [6.45, 7) is 7.39. The molecule has 0 bridgehead atoms. The van der Waals surface area contributed by atoms with E-state index < -0.39 is 0 Å². The smallest absolute Gasteiger partial charge is 0.222 e. The third-order valence-corrected chi connectivity index (χ3v) is 4.28. The Labute approximate surface area is 166 Å². The second-order valence-electron chi connectivity index (χ2n) is 6.34. The molecular formula is C21H30N4O3. The van der Waals surface area contributed by atoms with E-state index >= 15 is 0 Å². The molecule has 0 unspecified atom stereocenters. The number of ether oxygens (including phenoxy) is 3. The quantitative estimate of drug-likeness (QED) is 0.422. The monoisotopic (exact) mass is 386 g/mol. The summed E-state index contributed by atoms with van der Waals surface area (Å²) in [6.07, 6.45) is 5.46. The van der Waals surface area contributed by atoms with E-state index in [2.05, 4.69) is 28.8 Å². The number of nitrogens with one attached hydrogen (secondary N) is 1. The lowest BCUT2D eigenvalue weighted by atomic mass is 10.1. The van der Waals surface area contributed by atoms with Crippen LogP contribution in [0.15, 0.2) is 31.0 Å². The van der Waals surface area contributed by atoms with E-state index in [1.54, 1.807) is 20.4 Å². The summed E-state index contributed by atoms with van der Waals surface area (Å²) in [4.78, 5) is 8.26. The fraction of sp³-hybridized carbons (Fsp3) is 0.429. The maximum absolute atomic E-state index is 5.87. The number of benzene rings is 1. The van der Waals surface area contributed by atoms with E-state index in [0.29, 0.717) is 23.9 Å². The van der Waals surface area contributed by atoms with Crippen molar-refractivity contribution in [2.45, 2.75) is 32.6 Å². The van der Waals surface area contributed by atoms with Crippen molar-refractivity contribution in [1.29, 1.82) is 0 Å². The zero-order chi connectivity index (χ0) is 20.4. The minimum atomic E-state index is 0.233. The summed E-state index contributed by atoms with van der Waals surface area (Å²) in [6, 6.07) is 6.01. The molecule has 0 amide bonds. The molecule has 152 valence electrons. The van der Waals surface area contributed by atoms with Crippen molar-refractivity contribution >= 4 is 17.5 Å². The molecule has 0 aliphatic heterocycles. The predicted octanol–water partition coefficient (Wildman–Crippen LogP) is 3.91. The fourth-order valence-corrected chi connectivity index (χ4v) is 2.69. The summed E-state index contributed by atoms with van der Waals surface area (Å²) >= 11 is 0. The maximum Gasteiger partial charge on any atom is 0.222 e. The fourth-order valence-electron chi connectivity index (χ4n) is 2.69. The summed E-state index contributed by atoms with van der Waals surface area (Å²) in [5.74, 6) is 2.83. The molecule has 0 fully saturated rings. The SMILES string of the molecule is C=C(OC)c1ccc(CCCOc2cnc(N)nc2NCCCC)cc1OC. The molecule has 7 heteroatoms. The van der Waals surface area contributed by atoms with Gasteiger partial charge in [-0.25, -0.2) is 4.98 Å². The highest BCUT2D eigenvalue weighted by atomic mass is 16.5. The normalized spacial score (nSPS) is 10.4. The molecule has 1 aromatic carbocycles. The third kappa shape index (κ3) is 6.04. The zero-order valence-electron chi connectivity index (χ0n) is 17.0. The number of aromatic nitrogens is 2. The third-order valence-electron chi connectivity index (χ3n) is 4.28. The van der Waals surface area contributed by atoms with Crippen LogP contribution in [0, 0.1) is 0 Å². The van der Waals surface area contributed by atoms with Crippen molar-refractivity contribution in [2.24, 2.45) is 0 Å². The molecule has 0 radical (unpaired) electrons. The van der Waals surface area contributed by atoms with Crippen molar-refractivity contribution in [1.82, 2.24) is 9.97 Å². The van der Waals surface area contributed by atoms with Gasteiger partial charge in [-0.3, -0.25) is 0 Å². The summed E-state index contributed by atoms with van der Waals surface area (Å²) in [7, 11) is 3.24. The van der Waals surface area contributed by atoms with Crippen LogP contribution < -0.4 is 20.5 Å². The number of hydrogen-bond acceptors (Lipinski definition) is 7. The van der Waals surface area contributed by atoms with Crippen LogP contribution in [0.4, 0.5) is 11.8 Å². The standard InChI is InChI=1S/C21H30N4O3/c1-5-6-11-23-20-19(14-24-21(22)25-20)28-12-7-8-16-9-10-17(15(2)26-3)18(13-16)27-4/h9-10,13-14H,2,5-8,11-12H2,1,3-4H3,(H3,22,23,24,25). The highest BCUT2D eigenvalue weighted by molar-refractivity contribution is 5.64. The number of nitrogens with two attached hydrogens (primary N) is 1. The molecule has 0 saturated carbocycles. The number of aryl methyl sites for hydroxylation is 1. The van der Waals surface area contributed by atoms with E-state index in [1.807, 2.05) is 18.2 Å². The van der Waals surface area contributed by atoms with Crippen molar-refractivity contribution in [3.63, 3.8) is 0 Å². The number of hydrogen-bond donors (Lipinski definition) is 2. The second-order valence-corrected chi connectivity index (χ2v) is 6.34. The Morgan fingerprint density at radius 2 is 2.04 bits per heavy atom. The van der Waals surface area contributed by atoms with Gasteiger partial charge in [0.05, 0.1) is 32.6 Å². The van der Waals surface area contributed by atoms with Crippen LogP contribution >= 0.6 is 0 Å². The first-order valence-electron chi connectivity index (χ1n) is 9.48. The van der Waals surface area contributed by atoms with Gasteiger partial charge in [-0.1, -0.05) is 26.0 Å². The highest BCUT2D eigenvalue weighted by Crippen LogP contribution is 2.27.